The lowest BCUT2D eigenvalue weighted by atomic mass is 9.88. The van der Waals surface area contributed by atoms with Gasteiger partial charge in [-0.2, -0.15) is 4.31 Å². The first-order valence-corrected chi connectivity index (χ1v) is 9.49. The summed E-state index contributed by atoms with van der Waals surface area (Å²) in [5.74, 6) is 0.565. The molecule has 0 spiro atoms. The predicted octanol–water partition coefficient (Wildman–Crippen LogP) is 0.375. The summed E-state index contributed by atoms with van der Waals surface area (Å²) >= 11 is 0. The predicted molar refractivity (Wildman–Crippen MR) is 87.3 cm³/mol. The van der Waals surface area contributed by atoms with Crippen LogP contribution in [0.4, 0.5) is 0 Å². The molecular formula is C16H23N3O3S. The number of carbonyl (C=O) groups excluding carboxylic acids is 1. The van der Waals surface area contributed by atoms with Gasteiger partial charge in [0.15, 0.2) is 0 Å². The first kappa shape index (κ1) is 16.4. The fraction of sp³-hybridized carbons (Fsp3) is 0.562. The molecule has 7 heteroatoms. The Bertz CT molecular complexity index is 650. The van der Waals surface area contributed by atoms with Gasteiger partial charge >= 0.3 is 0 Å². The second-order valence-electron chi connectivity index (χ2n) is 6.25. The molecule has 0 bridgehead atoms. The van der Waals surface area contributed by atoms with Crippen LogP contribution in [-0.2, 0) is 14.8 Å². The molecule has 126 valence electrons. The molecule has 2 aliphatic heterocycles. The third-order valence-electron chi connectivity index (χ3n) is 4.84. The summed E-state index contributed by atoms with van der Waals surface area (Å²) in [6, 6.07) is 8.46. The van der Waals surface area contributed by atoms with Crippen molar-refractivity contribution in [3.8, 4) is 0 Å². The minimum absolute atomic E-state index is 0.00790. The third-order valence-corrected chi connectivity index (χ3v) is 6.75. The number of piperazine rings is 1. The normalized spacial score (nSPS) is 21.7. The van der Waals surface area contributed by atoms with Gasteiger partial charge in [0.2, 0.25) is 15.9 Å². The van der Waals surface area contributed by atoms with Gasteiger partial charge in [0.05, 0.1) is 4.90 Å². The van der Waals surface area contributed by atoms with Crippen LogP contribution in [0.2, 0.25) is 0 Å². The molecule has 0 radical (unpaired) electrons. The maximum Gasteiger partial charge on any atom is 0.243 e. The Kier molecular flexibility index (Phi) is 4.70. The van der Waals surface area contributed by atoms with Crippen molar-refractivity contribution in [2.75, 3.05) is 39.3 Å². The van der Waals surface area contributed by atoms with Crippen LogP contribution in [0.15, 0.2) is 35.2 Å². The van der Waals surface area contributed by atoms with Crippen LogP contribution < -0.4 is 5.32 Å². The maximum atomic E-state index is 12.6. The van der Waals surface area contributed by atoms with Crippen molar-refractivity contribution in [2.24, 2.45) is 11.8 Å². The van der Waals surface area contributed by atoms with Gasteiger partial charge in [-0.1, -0.05) is 25.1 Å². The molecule has 2 aliphatic rings. The van der Waals surface area contributed by atoms with Gasteiger partial charge in [-0.05, 0) is 31.1 Å². The number of rotatable bonds is 4. The number of nitrogens with zero attached hydrogens (tertiary/aromatic N) is 2. The summed E-state index contributed by atoms with van der Waals surface area (Å²) in [4.78, 5) is 14.6. The van der Waals surface area contributed by atoms with Crippen LogP contribution in [0.25, 0.3) is 0 Å². The Morgan fingerprint density at radius 3 is 2.26 bits per heavy atom. The van der Waals surface area contributed by atoms with E-state index in [-0.39, 0.29) is 11.8 Å². The molecule has 1 unspecified atom stereocenters. The number of carbonyl (C=O) groups is 1. The molecule has 0 aliphatic carbocycles. The molecule has 3 rings (SSSR count). The number of hydrogen-bond donors (Lipinski definition) is 1. The number of hydrogen-bond acceptors (Lipinski definition) is 4. The van der Waals surface area contributed by atoms with E-state index >= 15 is 0 Å². The van der Waals surface area contributed by atoms with E-state index in [1.54, 1.807) is 35.2 Å². The average Bonchev–Trinajstić information content (AvgIpc) is 2.53. The fourth-order valence-electron chi connectivity index (χ4n) is 3.04. The van der Waals surface area contributed by atoms with E-state index < -0.39 is 10.0 Å². The highest BCUT2D eigenvalue weighted by atomic mass is 32.2. The molecule has 1 aromatic rings. The molecule has 2 heterocycles. The van der Waals surface area contributed by atoms with Crippen LogP contribution in [0.5, 0.6) is 0 Å². The second kappa shape index (κ2) is 6.59. The number of amides is 1. The summed E-state index contributed by atoms with van der Waals surface area (Å²) < 4.78 is 26.6. The monoisotopic (exact) mass is 337 g/mol. The van der Waals surface area contributed by atoms with Crippen molar-refractivity contribution in [1.29, 1.82) is 0 Å². The summed E-state index contributed by atoms with van der Waals surface area (Å²) in [5.41, 5.74) is 0. The molecule has 0 saturated carbocycles. The molecule has 1 amide bonds. The zero-order valence-electron chi connectivity index (χ0n) is 13.3. The highest BCUT2D eigenvalue weighted by Crippen LogP contribution is 2.21. The van der Waals surface area contributed by atoms with E-state index in [0.29, 0.717) is 37.0 Å². The molecule has 1 atom stereocenters. The Balaban J connectivity index is 1.61. The number of nitrogens with one attached hydrogen (secondary N) is 1. The van der Waals surface area contributed by atoms with Crippen molar-refractivity contribution < 1.29 is 13.2 Å². The summed E-state index contributed by atoms with van der Waals surface area (Å²) in [7, 11) is -3.46. The van der Waals surface area contributed by atoms with E-state index in [0.717, 1.165) is 13.1 Å². The first-order valence-electron chi connectivity index (χ1n) is 8.05. The molecule has 2 saturated heterocycles. The zero-order valence-corrected chi connectivity index (χ0v) is 14.1. The largest absolute Gasteiger partial charge is 0.340 e. The highest BCUT2D eigenvalue weighted by molar-refractivity contribution is 7.89. The van der Waals surface area contributed by atoms with Crippen LogP contribution in [0, 0.1) is 11.8 Å². The Hall–Kier alpha value is -1.44. The first-order chi connectivity index (χ1) is 11.0. The van der Waals surface area contributed by atoms with Crippen molar-refractivity contribution >= 4 is 15.9 Å². The van der Waals surface area contributed by atoms with E-state index in [9.17, 15) is 13.2 Å². The quantitative estimate of drug-likeness (QED) is 0.862. The average molecular weight is 337 g/mol. The minimum atomic E-state index is -3.46. The maximum absolute atomic E-state index is 12.6. The second-order valence-corrected chi connectivity index (χ2v) is 8.19. The van der Waals surface area contributed by atoms with Crippen molar-refractivity contribution in [2.45, 2.75) is 11.8 Å². The van der Waals surface area contributed by atoms with E-state index in [2.05, 4.69) is 5.32 Å². The topological polar surface area (TPSA) is 69.7 Å². The molecular weight excluding hydrogens is 314 g/mol. The summed E-state index contributed by atoms with van der Waals surface area (Å²) in [6.45, 7) is 5.42. The Morgan fingerprint density at radius 2 is 1.74 bits per heavy atom. The van der Waals surface area contributed by atoms with E-state index in [1.807, 2.05) is 6.92 Å². The van der Waals surface area contributed by atoms with Gasteiger partial charge in [-0.25, -0.2) is 8.42 Å². The minimum Gasteiger partial charge on any atom is -0.340 e. The summed E-state index contributed by atoms with van der Waals surface area (Å²) in [5, 5.41) is 3.19. The Morgan fingerprint density at radius 1 is 1.13 bits per heavy atom. The van der Waals surface area contributed by atoms with Crippen molar-refractivity contribution in [1.82, 2.24) is 14.5 Å². The molecule has 23 heavy (non-hydrogen) atoms. The third kappa shape index (κ3) is 3.27. The van der Waals surface area contributed by atoms with Crippen molar-refractivity contribution in [3.05, 3.63) is 30.3 Å². The van der Waals surface area contributed by atoms with Crippen molar-refractivity contribution in [3.63, 3.8) is 0 Å². The Labute approximate surface area is 137 Å². The SMILES string of the molecule is CC(C(=O)N1CCN(S(=O)(=O)c2ccccc2)CC1)C1CNC1. The van der Waals surface area contributed by atoms with Crippen LogP contribution in [0.1, 0.15) is 6.92 Å². The lowest BCUT2D eigenvalue weighted by Gasteiger charge is -2.38. The molecule has 6 nitrogen and oxygen atoms in total. The van der Waals surface area contributed by atoms with Crippen LogP contribution >= 0.6 is 0 Å². The molecule has 1 N–H and O–H groups in total. The van der Waals surface area contributed by atoms with Gasteiger partial charge < -0.3 is 10.2 Å². The fourth-order valence-corrected chi connectivity index (χ4v) is 4.49. The van der Waals surface area contributed by atoms with Gasteiger partial charge in [0.25, 0.3) is 0 Å². The van der Waals surface area contributed by atoms with Gasteiger partial charge in [-0.3, -0.25) is 4.79 Å². The summed E-state index contributed by atoms with van der Waals surface area (Å²) in [6.07, 6.45) is 0. The van der Waals surface area contributed by atoms with Crippen LogP contribution in [0.3, 0.4) is 0 Å². The van der Waals surface area contributed by atoms with E-state index in [4.69, 9.17) is 0 Å². The number of sulfonamides is 1. The smallest absolute Gasteiger partial charge is 0.243 e. The standard InChI is InChI=1S/C16H23N3O3S/c1-13(14-11-17-12-14)16(20)18-7-9-19(10-8-18)23(21,22)15-5-3-2-4-6-15/h2-6,13-14,17H,7-12H2,1H3. The van der Waals surface area contributed by atoms with E-state index in [1.165, 1.54) is 4.31 Å². The highest BCUT2D eigenvalue weighted by Gasteiger charge is 2.35. The van der Waals surface area contributed by atoms with Gasteiger partial charge in [-0.15, -0.1) is 0 Å². The molecule has 1 aromatic carbocycles. The zero-order chi connectivity index (χ0) is 16.4. The van der Waals surface area contributed by atoms with Gasteiger partial charge in [0, 0.05) is 32.1 Å². The van der Waals surface area contributed by atoms with Gasteiger partial charge in [0.1, 0.15) is 0 Å². The molecule has 2 fully saturated rings. The molecule has 0 aromatic heterocycles. The van der Waals surface area contributed by atoms with Crippen LogP contribution in [-0.4, -0.2) is 62.8 Å². The lowest BCUT2D eigenvalue weighted by Crippen LogP contribution is -2.55. The lowest BCUT2D eigenvalue weighted by molar-refractivity contribution is -0.138. The number of benzene rings is 1.